The maximum Gasteiger partial charge on any atom is 0.0107 e. The maximum atomic E-state index is 3.61. The Bertz CT molecular complexity index is 207. The molecule has 1 saturated heterocycles. The lowest BCUT2D eigenvalue weighted by Gasteiger charge is -2.34. The molecule has 0 aromatic heterocycles. The van der Waals surface area contributed by atoms with E-state index in [2.05, 4.69) is 51.8 Å². The molecule has 16 heavy (non-hydrogen) atoms. The Morgan fingerprint density at radius 1 is 1.31 bits per heavy atom. The zero-order valence-corrected chi connectivity index (χ0v) is 12.0. The first-order valence-electron chi connectivity index (χ1n) is 6.82. The van der Waals surface area contributed by atoms with Crippen molar-refractivity contribution < 1.29 is 0 Å². The van der Waals surface area contributed by atoms with Gasteiger partial charge in [-0.3, -0.25) is 4.90 Å². The Morgan fingerprint density at radius 2 is 1.94 bits per heavy atom. The van der Waals surface area contributed by atoms with Crippen molar-refractivity contribution in [3.05, 3.63) is 0 Å². The van der Waals surface area contributed by atoms with E-state index in [-0.39, 0.29) is 5.54 Å². The van der Waals surface area contributed by atoms with Crippen LogP contribution in [0.3, 0.4) is 0 Å². The van der Waals surface area contributed by atoms with Crippen molar-refractivity contribution in [3.8, 4) is 0 Å². The van der Waals surface area contributed by atoms with E-state index in [4.69, 9.17) is 0 Å². The average Bonchev–Trinajstić information content (AvgIpc) is 2.58. The number of nitrogens with zero attached hydrogens (tertiary/aromatic N) is 1. The van der Waals surface area contributed by atoms with Crippen LogP contribution < -0.4 is 5.32 Å². The van der Waals surface area contributed by atoms with Crippen molar-refractivity contribution in [3.63, 3.8) is 0 Å². The van der Waals surface area contributed by atoms with E-state index in [1.165, 1.54) is 19.4 Å². The van der Waals surface area contributed by atoms with Crippen LogP contribution in [0.1, 0.15) is 54.4 Å². The molecule has 1 aliphatic heterocycles. The molecular formula is C14H30N2. The number of likely N-dealkylation sites (tertiary alicyclic amines) is 1. The summed E-state index contributed by atoms with van der Waals surface area (Å²) in [7, 11) is 0. The van der Waals surface area contributed by atoms with E-state index in [0.29, 0.717) is 6.04 Å². The van der Waals surface area contributed by atoms with Gasteiger partial charge in [0, 0.05) is 17.6 Å². The van der Waals surface area contributed by atoms with Crippen LogP contribution in [-0.4, -0.2) is 35.6 Å². The van der Waals surface area contributed by atoms with E-state index in [0.717, 1.165) is 18.5 Å². The van der Waals surface area contributed by atoms with Crippen LogP contribution in [0.2, 0.25) is 0 Å². The molecule has 0 spiro atoms. The van der Waals surface area contributed by atoms with Crippen molar-refractivity contribution in [1.29, 1.82) is 0 Å². The molecule has 96 valence electrons. The molecule has 2 heteroatoms. The van der Waals surface area contributed by atoms with Crippen LogP contribution in [0.15, 0.2) is 0 Å². The minimum atomic E-state index is 0.241. The van der Waals surface area contributed by atoms with Crippen molar-refractivity contribution >= 4 is 0 Å². The summed E-state index contributed by atoms with van der Waals surface area (Å²) >= 11 is 0. The second-order valence-corrected chi connectivity index (χ2v) is 6.58. The van der Waals surface area contributed by atoms with Crippen LogP contribution in [0, 0.1) is 5.92 Å². The van der Waals surface area contributed by atoms with Crippen molar-refractivity contribution in [2.45, 2.75) is 72.0 Å². The SMILES string of the molecule is CC(CNC(C)(C)C)C(C)N1CCCC1C. The topological polar surface area (TPSA) is 15.3 Å². The molecule has 0 aliphatic carbocycles. The number of rotatable bonds is 4. The summed E-state index contributed by atoms with van der Waals surface area (Å²) in [6, 6.07) is 1.49. The quantitative estimate of drug-likeness (QED) is 0.793. The molecule has 1 aliphatic rings. The highest BCUT2D eigenvalue weighted by Crippen LogP contribution is 2.23. The molecule has 1 heterocycles. The highest BCUT2D eigenvalue weighted by molar-refractivity contribution is 4.84. The first kappa shape index (κ1) is 14.0. The Labute approximate surface area is 102 Å². The lowest BCUT2D eigenvalue weighted by atomic mass is 9.99. The smallest absolute Gasteiger partial charge is 0.0107 e. The summed E-state index contributed by atoms with van der Waals surface area (Å²) in [5.74, 6) is 0.722. The molecule has 3 unspecified atom stereocenters. The fourth-order valence-electron chi connectivity index (χ4n) is 2.53. The zero-order valence-electron chi connectivity index (χ0n) is 12.0. The molecule has 1 fully saturated rings. The highest BCUT2D eigenvalue weighted by Gasteiger charge is 2.28. The van der Waals surface area contributed by atoms with E-state index in [9.17, 15) is 0 Å². The fraction of sp³-hybridized carbons (Fsp3) is 1.00. The fourth-order valence-corrected chi connectivity index (χ4v) is 2.53. The van der Waals surface area contributed by atoms with E-state index < -0.39 is 0 Å². The highest BCUT2D eigenvalue weighted by atomic mass is 15.2. The Hall–Kier alpha value is -0.0800. The number of hydrogen-bond donors (Lipinski definition) is 1. The van der Waals surface area contributed by atoms with Gasteiger partial charge in [-0.25, -0.2) is 0 Å². The van der Waals surface area contributed by atoms with Gasteiger partial charge in [0.05, 0.1) is 0 Å². The number of hydrogen-bond acceptors (Lipinski definition) is 2. The number of nitrogens with one attached hydrogen (secondary N) is 1. The van der Waals surface area contributed by atoms with Gasteiger partial charge in [-0.2, -0.15) is 0 Å². The molecule has 1 N–H and O–H groups in total. The second-order valence-electron chi connectivity index (χ2n) is 6.58. The Kier molecular flexibility index (Phi) is 4.81. The van der Waals surface area contributed by atoms with Crippen LogP contribution in [0.25, 0.3) is 0 Å². The predicted octanol–water partition coefficient (Wildman–Crippen LogP) is 2.88. The molecule has 0 radical (unpaired) electrons. The lowest BCUT2D eigenvalue weighted by Crippen LogP contribution is -2.46. The predicted molar refractivity (Wildman–Crippen MR) is 71.8 cm³/mol. The third kappa shape index (κ3) is 4.06. The van der Waals surface area contributed by atoms with E-state index >= 15 is 0 Å². The third-order valence-corrected chi connectivity index (χ3v) is 3.91. The van der Waals surface area contributed by atoms with Gasteiger partial charge < -0.3 is 5.32 Å². The molecule has 2 nitrogen and oxygen atoms in total. The Balaban J connectivity index is 2.38. The average molecular weight is 226 g/mol. The van der Waals surface area contributed by atoms with Gasteiger partial charge in [0.25, 0.3) is 0 Å². The van der Waals surface area contributed by atoms with Crippen LogP contribution in [-0.2, 0) is 0 Å². The molecule has 0 saturated carbocycles. The molecule has 0 bridgehead atoms. The molecule has 1 rings (SSSR count). The van der Waals surface area contributed by atoms with E-state index in [1.54, 1.807) is 0 Å². The first-order valence-corrected chi connectivity index (χ1v) is 6.82. The normalized spacial score (nSPS) is 27.0. The second kappa shape index (κ2) is 5.50. The first-order chi connectivity index (χ1) is 7.31. The molecule has 0 aromatic carbocycles. The summed E-state index contributed by atoms with van der Waals surface area (Å²) in [6.45, 7) is 16.3. The summed E-state index contributed by atoms with van der Waals surface area (Å²) < 4.78 is 0. The van der Waals surface area contributed by atoms with Crippen LogP contribution in [0.4, 0.5) is 0 Å². The molecule has 0 amide bonds. The van der Waals surface area contributed by atoms with Gasteiger partial charge in [-0.15, -0.1) is 0 Å². The van der Waals surface area contributed by atoms with Crippen molar-refractivity contribution in [1.82, 2.24) is 10.2 Å². The third-order valence-electron chi connectivity index (χ3n) is 3.91. The van der Waals surface area contributed by atoms with Gasteiger partial charge in [-0.1, -0.05) is 6.92 Å². The van der Waals surface area contributed by atoms with Gasteiger partial charge in [0.15, 0.2) is 0 Å². The van der Waals surface area contributed by atoms with Crippen LogP contribution in [0.5, 0.6) is 0 Å². The zero-order chi connectivity index (χ0) is 12.3. The molecule has 3 atom stereocenters. The maximum absolute atomic E-state index is 3.61. The van der Waals surface area contributed by atoms with Gasteiger partial charge in [-0.05, 0) is 66.5 Å². The molecular weight excluding hydrogens is 196 g/mol. The Morgan fingerprint density at radius 3 is 2.38 bits per heavy atom. The van der Waals surface area contributed by atoms with Crippen molar-refractivity contribution in [2.24, 2.45) is 5.92 Å². The van der Waals surface area contributed by atoms with Crippen molar-refractivity contribution in [2.75, 3.05) is 13.1 Å². The van der Waals surface area contributed by atoms with E-state index in [1.807, 2.05) is 0 Å². The van der Waals surface area contributed by atoms with Crippen LogP contribution >= 0.6 is 0 Å². The summed E-state index contributed by atoms with van der Waals surface area (Å²) in [5.41, 5.74) is 0.241. The standard InChI is InChI=1S/C14H30N2/c1-11(10-15-14(4,5)6)13(3)16-9-7-8-12(16)2/h11-13,15H,7-10H2,1-6H3. The van der Waals surface area contributed by atoms with Gasteiger partial charge >= 0.3 is 0 Å². The van der Waals surface area contributed by atoms with Gasteiger partial charge in [0.1, 0.15) is 0 Å². The molecule has 0 aromatic rings. The monoisotopic (exact) mass is 226 g/mol. The minimum Gasteiger partial charge on any atom is -0.312 e. The van der Waals surface area contributed by atoms with Gasteiger partial charge in [0.2, 0.25) is 0 Å². The summed E-state index contributed by atoms with van der Waals surface area (Å²) in [4.78, 5) is 2.68. The summed E-state index contributed by atoms with van der Waals surface area (Å²) in [6.07, 6.45) is 2.76. The summed E-state index contributed by atoms with van der Waals surface area (Å²) in [5, 5.41) is 3.61. The lowest BCUT2D eigenvalue weighted by molar-refractivity contribution is 0.149. The minimum absolute atomic E-state index is 0.241. The largest absolute Gasteiger partial charge is 0.312 e.